The van der Waals surface area contributed by atoms with E-state index in [1.807, 2.05) is 0 Å². The zero-order chi connectivity index (χ0) is 12.1. The van der Waals surface area contributed by atoms with Crippen LogP contribution in [0.2, 0.25) is 0 Å². The SMILES string of the molecule is [C-]#[N+]COC(=O)c1cc(C)c(N=N)c(C)c1. The molecule has 0 aliphatic rings. The van der Waals surface area contributed by atoms with Gasteiger partial charge in [-0.15, -0.1) is 0 Å². The standard InChI is InChI=1S/C11H11N3O2/c1-7-4-9(11(15)16-6-13-3)5-8(2)10(7)14-12/h4-5,12H,6H2,1-2H3. The predicted molar refractivity (Wildman–Crippen MR) is 57.6 cm³/mol. The number of nitrogens with one attached hydrogen (secondary N) is 1. The summed E-state index contributed by atoms with van der Waals surface area (Å²) in [5, 5.41) is 3.38. The fraction of sp³-hybridized carbons (Fsp3) is 0.273. The number of carbonyl (C=O) groups excluding carboxylic acids is 1. The van der Waals surface area contributed by atoms with Gasteiger partial charge in [0.2, 0.25) is 0 Å². The summed E-state index contributed by atoms with van der Waals surface area (Å²) in [7, 11) is 0. The van der Waals surface area contributed by atoms with Crippen LogP contribution in [0, 0.1) is 26.0 Å². The van der Waals surface area contributed by atoms with Crippen LogP contribution < -0.4 is 0 Å². The number of rotatable bonds is 3. The van der Waals surface area contributed by atoms with E-state index >= 15 is 0 Å². The first-order chi connectivity index (χ1) is 7.60. The summed E-state index contributed by atoms with van der Waals surface area (Å²) in [4.78, 5) is 14.4. The maximum Gasteiger partial charge on any atom is 0.359 e. The van der Waals surface area contributed by atoms with E-state index in [0.29, 0.717) is 11.3 Å². The number of ether oxygens (including phenoxy) is 1. The van der Waals surface area contributed by atoms with Gasteiger partial charge < -0.3 is 4.74 Å². The summed E-state index contributed by atoms with van der Waals surface area (Å²) in [6.45, 7) is 9.78. The van der Waals surface area contributed by atoms with Gasteiger partial charge in [0.25, 0.3) is 0 Å². The molecule has 0 saturated carbocycles. The molecule has 1 aromatic rings. The number of esters is 1. The molecular weight excluding hydrogens is 206 g/mol. The summed E-state index contributed by atoms with van der Waals surface area (Å²) in [5.74, 6) is -0.529. The fourth-order valence-electron chi connectivity index (χ4n) is 1.42. The molecule has 0 saturated heterocycles. The van der Waals surface area contributed by atoms with Gasteiger partial charge in [0.05, 0.1) is 11.3 Å². The molecule has 1 N–H and O–H groups in total. The third-order valence-electron chi connectivity index (χ3n) is 2.10. The summed E-state index contributed by atoms with van der Waals surface area (Å²) >= 11 is 0. The van der Waals surface area contributed by atoms with Crippen LogP contribution in [0.25, 0.3) is 4.85 Å². The second-order valence-electron chi connectivity index (χ2n) is 3.29. The molecule has 0 aliphatic heterocycles. The monoisotopic (exact) mass is 217 g/mol. The molecule has 5 heteroatoms. The summed E-state index contributed by atoms with van der Waals surface area (Å²) in [5.41, 5.74) is 9.40. The van der Waals surface area contributed by atoms with Crippen molar-refractivity contribution in [3.8, 4) is 0 Å². The third kappa shape index (κ3) is 2.42. The van der Waals surface area contributed by atoms with Crippen LogP contribution in [-0.2, 0) is 4.74 Å². The van der Waals surface area contributed by atoms with E-state index in [-0.39, 0.29) is 6.73 Å². The molecule has 1 aromatic carbocycles. The Hall–Kier alpha value is -2.22. The molecule has 0 aliphatic carbocycles. The Morgan fingerprint density at radius 3 is 2.50 bits per heavy atom. The van der Waals surface area contributed by atoms with Crippen LogP contribution in [0.15, 0.2) is 17.2 Å². The van der Waals surface area contributed by atoms with Crippen molar-refractivity contribution >= 4 is 11.7 Å². The van der Waals surface area contributed by atoms with Gasteiger partial charge in [-0.05, 0) is 37.1 Å². The Balaban J connectivity index is 3.05. The molecule has 5 nitrogen and oxygen atoms in total. The first kappa shape index (κ1) is 11.9. The molecule has 0 fully saturated rings. The molecule has 0 bridgehead atoms. The van der Waals surface area contributed by atoms with E-state index in [1.54, 1.807) is 26.0 Å². The third-order valence-corrected chi connectivity index (χ3v) is 2.10. The minimum absolute atomic E-state index is 0.276. The van der Waals surface area contributed by atoms with E-state index in [2.05, 4.69) is 9.96 Å². The lowest BCUT2D eigenvalue weighted by molar-refractivity contribution is 0.0547. The van der Waals surface area contributed by atoms with Gasteiger partial charge in [-0.25, -0.2) is 16.9 Å². The van der Waals surface area contributed by atoms with Crippen molar-refractivity contribution in [2.45, 2.75) is 13.8 Å². The Morgan fingerprint density at radius 2 is 2.06 bits per heavy atom. The Labute approximate surface area is 93.4 Å². The number of hydrogen-bond donors (Lipinski definition) is 1. The maximum atomic E-state index is 11.5. The highest BCUT2D eigenvalue weighted by Crippen LogP contribution is 2.25. The lowest BCUT2D eigenvalue weighted by atomic mass is 10.0. The van der Waals surface area contributed by atoms with Gasteiger partial charge in [0.15, 0.2) is 0 Å². The normalized spacial score (nSPS) is 9.31. The smallest absolute Gasteiger partial charge is 0.359 e. The first-order valence-electron chi connectivity index (χ1n) is 4.59. The molecule has 0 atom stereocenters. The van der Waals surface area contributed by atoms with Crippen LogP contribution in [0.4, 0.5) is 5.69 Å². The highest BCUT2D eigenvalue weighted by atomic mass is 16.5. The van der Waals surface area contributed by atoms with Crippen molar-refractivity contribution < 1.29 is 9.53 Å². The minimum atomic E-state index is -0.529. The molecular formula is C11H11N3O2. The average Bonchev–Trinajstić information content (AvgIpc) is 2.25. The predicted octanol–water partition coefficient (Wildman–Crippen LogP) is 3.00. The van der Waals surface area contributed by atoms with E-state index in [1.165, 1.54) is 0 Å². The molecule has 0 spiro atoms. The fourth-order valence-corrected chi connectivity index (χ4v) is 1.42. The Kier molecular flexibility index (Phi) is 3.72. The summed E-state index contributed by atoms with van der Waals surface area (Å²) in [6, 6.07) is 3.21. The van der Waals surface area contributed by atoms with Crippen LogP contribution in [-0.4, -0.2) is 12.7 Å². The first-order valence-corrected chi connectivity index (χ1v) is 4.59. The second kappa shape index (κ2) is 5.03. The lowest BCUT2D eigenvalue weighted by Gasteiger charge is -2.06. The van der Waals surface area contributed by atoms with Crippen molar-refractivity contribution in [3.63, 3.8) is 0 Å². The Morgan fingerprint density at radius 1 is 1.50 bits per heavy atom. The maximum absolute atomic E-state index is 11.5. The Bertz CT molecular complexity index is 452. The van der Waals surface area contributed by atoms with Gasteiger partial charge in [0, 0.05) is 0 Å². The number of hydrogen-bond acceptors (Lipinski definition) is 4. The van der Waals surface area contributed by atoms with Crippen LogP contribution in [0.3, 0.4) is 0 Å². The zero-order valence-corrected chi connectivity index (χ0v) is 9.07. The number of carbonyl (C=O) groups is 1. The highest BCUT2D eigenvalue weighted by Gasteiger charge is 2.12. The van der Waals surface area contributed by atoms with Crippen LogP contribution >= 0.6 is 0 Å². The average molecular weight is 217 g/mol. The van der Waals surface area contributed by atoms with Gasteiger partial charge in [-0.3, -0.25) is 4.85 Å². The van der Waals surface area contributed by atoms with Gasteiger partial charge in [-0.1, -0.05) is 0 Å². The molecule has 0 amide bonds. The summed E-state index contributed by atoms with van der Waals surface area (Å²) < 4.78 is 4.69. The molecule has 0 aromatic heterocycles. The van der Waals surface area contributed by atoms with Crippen molar-refractivity contribution in [3.05, 3.63) is 40.2 Å². The molecule has 16 heavy (non-hydrogen) atoms. The van der Waals surface area contributed by atoms with E-state index in [0.717, 1.165) is 11.1 Å². The van der Waals surface area contributed by atoms with E-state index in [4.69, 9.17) is 16.8 Å². The molecule has 0 heterocycles. The highest BCUT2D eigenvalue weighted by molar-refractivity contribution is 5.90. The molecule has 0 unspecified atom stereocenters. The quantitative estimate of drug-likeness (QED) is 0.480. The van der Waals surface area contributed by atoms with Gasteiger partial charge >= 0.3 is 12.7 Å². The zero-order valence-electron chi connectivity index (χ0n) is 9.07. The van der Waals surface area contributed by atoms with Gasteiger partial charge in [-0.2, -0.15) is 5.11 Å². The van der Waals surface area contributed by atoms with E-state index < -0.39 is 5.97 Å². The number of benzene rings is 1. The second-order valence-corrected chi connectivity index (χ2v) is 3.29. The van der Waals surface area contributed by atoms with Crippen molar-refractivity contribution in [2.75, 3.05) is 6.73 Å². The van der Waals surface area contributed by atoms with Crippen LogP contribution in [0.1, 0.15) is 21.5 Å². The largest absolute Gasteiger partial charge is 0.390 e. The van der Waals surface area contributed by atoms with Crippen molar-refractivity contribution in [2.24, 2.45) is 5.11 Å². The molecule has 82 valence electrons. The number of nitrogens with zero attached hydrogens (tertiary/aromatic N) is 2. The summed E-state index contributed by atoms with van der Waals surface area (Å²) in [6.07, 6.45) is 0. The van der Waals surface area contributed by atoms with Crippen molar-refractivity contribution in [1.29, 1.82) is 5.53 Å². The van der Waals surface area contributed by atoms with Gasteiger partial charge in [0.1, 0.15) is 0 Å². The number of aryl methyl sites for hydroxylation is 2. The molecule has 1 rings (SSSR count). The van der Waals surface area contributed by atoms with Crippen molar-refractivity contribution in [1.82, 2.24) is 0 Å². The lowest BCUT2D eigenvalue weighted by Crippen LogP contribution is -2.05. The van der Waals surface area contributed by atoms with E-state index in [9.17, 15) is 4.79 Å². The van der Waals surface area contributed by atoms with Crippen LogP contribution in [0.5, 0.6) is 0 Å². The molecule has 0 radical (unpaired) electrons. The minimum Gasteiger partial charge on any atom is -0.390 e. The topological polar surface area (TPSA) is 66.9 Å².